The number of hydrogen-bond acceptors (Lipinski definition) is 4. The van der Waals surface area contributed by atoms with E-state index >= 15 is 0 Å². The van der Waals surface area contributed by atoms with Crippen LogP contribution in [-0.2, 0) is 11.2 Å². The number of carbonyl (C=O) groups is 1. The van der Waals surface area contributed by atoms with Gasteiger partial charge in [0.15, 0.2) is 0 Å². The number of aromatic amines is 1. The minimum Gasteiger partial charge on any atom is -0.462 e. The topological polar surface area (TPSA) is 65.9 Å². The lowest BCUT2D eigenvalue weighted by atomic mass is 10.0. The van der Waals surface area contributed by atoms with Crippen LogP contribution in [0.3, 0.4) is 0 Å². The number of carbonyl (C=O) groups excluding carboxylic acids is 1. The Morgan fingerprint density at radius 1 is 1.53 bits per heavy atom. The third-order valence-corrected chi connectivity index (χ3v) is 2.79. The SMILES string of the molecule is CCOC(=O)c1c(CC)[nH]c(=S)c(C#N)c1C. The van der Waals surface area contributed by atoms with Crippen molar-refractivity contribution in [3.63, 3.8) is 0 Å². The van der Waals surface area contributed by atoms with Crippen molar-refractivity contribution in [1.82, 2.24) is 4.98 Å². The second kappa shape index (κ2) is 5.60. The summed E-state index contributed by atoms with van der Waals surface area (Å²) in [5, 5.41) is 9.01. The summed E-state index contributed by atoms with van der Waals surface area (Å²) in [6, 6.07) is 2.01. The molecule has 0 aliphatic rings. The van der Waals surface area contributed by atoms with E-state index in [2.05, 4.69) is 4.98 Å². The van der Waals surface area contributed by atoms with E-state index < -0.39 is 5.97 Å². The van der Waals surface area contributed by atoms with Crippen molar-refractivity contribution >= 4 is 18.2 Å². The minimum absolute atomic E-state index is 0.305. The quantitative estimate of drug-likeness (QED) is 0.661. The molecule has 0 fully saturated rings. The number of rotatable bonds is 3. The number of nitrogens with one attached hydrogen (secondary N) is 1. The molecule has 5 heteroatoms. The van der Waals surface area contributed by atoms with Crippen LogP contribution in [0.5, 0.6) is 0 Å². The molecule has 0 saturated heterocycles. The van der Waals surface area contributed by atoms with Gasteiger partial charge in [-0.25, -0.2) is 4.79 Å². The molecule has 90 valence electrons. The zero-order chi connectivity index (χ0) is 13.0. The van der Waals surface area contributed by atoms with Crippen molar-refractivity contribution in [3.05, 3.63) is 27.0 Å². The van der Waals surface area contributed by atoms with Crippen LogP contribution in [0.25, 0.3) is 0 Å². The van der Waals surface area contributed by atoms with Gasteiger partial charge in [0.25, 0.3) is 0 Å². The first-order valence-corrected chi connectivity index (χ1v) is 5.80. The highest BCUT2D eigenvalue weighted by atomic mass is 32.1. The summed E-state index contributed by atoms with van der Waals surface area (Å²) in [6.45, 7) is 5.68. The maximum absolute atomic E-state index is 11.8. The van der Waals surface area contributed by atoms with E-state index in [1.807, 2.05) is 13.0 Å². The Morgan fingerprint density at radius 3 is 2.65 bits per heavy atom. The number of aromatic nitrogens is 1. The zero-order valence-electron chi connectivity index (χ0n) is 10.1. The Kier molecular flexibility index (Phi) is 4.41. The van der Waals surface area contributed by atoms with E-state index in [0.29, 0.717) is 40.1 Å². The first-order valence-electron chi connectivity index (χ1n) is 5.39. The van der Waals surface area contributed by atoms with Crippen LogP contribution < -0.4 is 0 Å². The second-order valence-corrected chi connectivity index (χ2v) is 3.90. The van der Waals surface area contributed by atoms with Crippen molar-refractivity contribution in [2.75, 3.05) is 6.61 Å². The van der Waals surface area contributed by atoms with Crippen molar-refractivity contribution in [2.45, 2.75) is 27.2 Å². The highest BCUT2D eigenvalue weighted by molar-refractivity contribution is 7.71. The maximum Gasteiger partial charge on any atom is 0.340 e. The van der Waals surface area contributed by atoms with Gasteiger partial charge in [-0.05, 0) is 25.8 Å². The van der Waals surface area contributed by atoms with Crippen LogP contribution in [-0.4, -0.2) is 17.6 Å². The molecule has 0 spiro atoms. The van der Waals surface area contributed by atoms with Gasteiger partial charge in [-0.15, -0.1) is 0 Å². The Bertz CT molecular complexity index is 541. The summed E-state index contributed by atoms with van der Waals surface area (Å²) in [7, 11) is 0. The molecule has 0 radical (unpaired) electrons. The van der Waals surface area contributed by atoms with Gasteiger partial charge in [0.05, 0.1) is 17.7 Å². The van der Waals surface area contributed by atoms with E-state index in [1.165, 1.54) is 0 Å². The Labute approximate surface area is 105 Å². The standard InChI is InChI=1S/C12H14N2O2S/c1-4-9-10(12(15)16-5-2)7(3)8(6-13)11(17)14-9/h4-5H2,1-3H3,(H,14,17). The van der Waals surface area contributed by atoms with E-state index in [4.69, 9.17) is 22.2 Å². The largest absolute Gasteiger partial charge is 0.462 e. The average Bonchev–Trinajstić information content (AvgIpc) is 2.28. The third-order valence-electron chi connectivity index (χ3n) is 2.49. The van der Waals surface area contributed by atoms with Crippen LogP contribution in [0.2, 0.25) is 0 Å². The summed E-state index contributed by atoms with van der Waals surface area (Å²) in [5.74, 6) is -0.412. The second-order valence-electron chi connectivity index (χ2n) is 3.49. The van der Waals surface area contributed by atoms with Gasteiger partial charge in [-0.2, -0.15) is 5.26 Å². The Balaban J connectivity index is 3.52. The molecule has 17 heavy (non-hydrogen) atoms. The highest BCUT2D eigenvalue weighted by Crippen LogP contribution is 2.19. The number of nitriles is 1. The fraction of sp³-hybridized carbons (Fsp3) is 0.417. The molecule has 1 aromatic heterocycles. The number of ether oxygens (including phenoxy) is 1. The molecule has 0 bridgehead atoms. The molecule has 1 rings (SSSR count). The fourth-order valence-electron chi connectivity index (χ4n) is 1.66. The molecular formula is C12H14N2O2S. The summed E-state index contributed by atoms with van der Waals surface area (Å²) in [4.78, 5) is 14.8. The molecule has 1 aromatic rings. The Hall–Kier alpha value is -1.67. The molecule has 4 nitrogen and oxygen atoms in total. The fourth-order valence-corrected chi connectivity index (χ4v) is 1.98. The average molecular weight is 250 g/mol. The molecule has 0 unspecified atom stereocenters. The molecule has 0 saturated carbocycles. The summed E-state index contributed by atoms with van der Waals surface area (Å²) in [5.41, 5.74) is 2.07. The molecule has 0 aliphatic carbocycles. The van der Waals surface area contributed by atoms with Gasteiger partial charge in [0.2, 0.25) is 0 Å². The summed E-state index contributed by atoms with van der Waals surface area (Å²) in [6.07, 6.45) is 0.629. The normalized spacial score (nSPS) is 9.76. The van der Waals surface area contributed by atoms with E-state index in [0.717, 1.165) is 0 Å². The van der Waals surface area contributed by atoms with Crippen LogP contribution in [0.1, 0.15) is 41.0 Å². The lowest BCUT2D eigenvalue weighted by molar-refractivity contribution is 0.0523. The predicted octanol–water partition coefficient (Wildman–Crippen LogP) is 2.66. The van der Waals surface area contributed by atoms with Gasteiger partial charge in [-0.3, -0.25) is 0 Å². The van der Waals surface area contributed by atoms with Gasteiger partial charge >= 0.3 is 5.97 Å². The molecule has 0 aliphatic heterocycles. The zero-order valence-corrected chi connectivity index (χ0v) is 10.9. The van der Waals surface area contributed by atoms with E-state index in [1.54, 1.807) is 13.8 Å². The summed E-state index contributed by atoms with van der Waals surface area (Å²) >= 11 is 5.07. The van der Waals surface area contributed by atoms with E-state index in [9.17, 15) is 4.79 Å². The van der Waals surface area contributed by atoms with Gasteiger partial charge < -0.3 is 9.72 Å². The van der Waals surface area contributed by atoms with Crippen LogP contribution in [0.15, 0.2) is 0 Å². The van der Waals surface area contributed by atoms with Crippen molar-refractivity contribution < 1.29 is 9.53 Å². The van der Waals surface area contributed by atoms with Crippen molar-refractivity contribution in [1.29, 1.82) is 5.26 Å². The third kappa shape index (κ3) is 2.53. The van der Waals surface area contributed by atoms with Crippen molar-refractivity contribution in [3.8, 4) is 6.07 Å². The number of pyridine rings is 1. The van der Waals surface area contributed by atoms with Crippen molar-refractivity contribution in [2.24, 2.45) is 0 Å². The molecular weight excluding hydrogens is 236 g/mol. The predicted molar refractivity (Wildman–Crippen MR) is 66.4 cm³/mol. The van der Waals surface area contributed by atoms with E-state index in [-0.39, 0.29) is 0 Å². The maximum atomic E-state index is 11.8. The summed E-state index contributed by atoms with van der Waals surface area (Å²) < 4.78 is 5.36. The molecule has 0 amide bonds. The lowest BCUT2D eigenvalue weighted by Crippen LogP contribution is -2.13. The minimum atomic E-state index is -0.412. The van der Waals surface area contributed by atoms with Crippen LogP contribution >= 0.6 is 12.2 Å². The monoisotopic (exact) mass is 250 g/mol. The molecule has 0 aromatic carbocycles. The van der Waals surface area contributed by atoms with Gasteiger partial charge in [-0.1, -0.05) is 19.1 Å². The molecule has 1 N–H and O–H groups in total. The molecule has 0 atom stereocenters. The molecule has 1 heterocycles. The lowest BCUT2D eigenvalue weighted by Gasteiger charge is -2.11. The number of aryl methyl sites for hydroxylation is 1. The highest BCUT2D eigenvalue weighted by Gasteiger charge is 2.18. The van der Waals surface area contributed by atoms with Crippen LogP contribution in [0.4, 0.5) is 0 Å². The Morgan fingerprint density at radius 2 is 2.18 bits per heavy atom. The number of esters is 1. The smallest absolute Gasteiger partial charge is 0.340 e. The van der Waals surface area contributed by atoms with Crippen LogP contribution in [0, 0.1) is 22.9 Å². The van der Waals surface area contributed by atoms with Gasteiger partial charge in [0, 0.05) is 5.69 Å². The number of nitrogens with zero attached hydrogens (tertiary/aromatic N) is 1. The number of hydrogen-bond donors (Lipinski definition) is 1. The first kappa shape index (κ1) is 13.4. The number of H-pyrrole nitrogens is 1. The first-order chi connectivity index (χ1) is 8.06. The van der Waals surface area contributed by atoms with Gasteiger partial charge in [0.1, 0.15) is 10.7 Å².